The van der Waals surface area contributed by atoms with Crippen molar-refractivity contribution in [3.63, 3.8) is 0 Å². The minimum atomic E-state index is -4.38. The van der Waals surface area contributed by atoms with Gasteiger partial charge in [0.05, 0.1) is 13.2 Å². The van der Waals surface area contributed by atoms with Crippen LogP contribution in [0.1, 0.15) is 181 Å². The van der Waals surface area contributed by atoms with Crippen LogP contribution in [0.15, 0.2) is 48.6 Å². The van der Waals surface area contributed by atoms with Crippen LogP contribution in [-0.4, -0.2) is 49.3 Å². The lowest BCUT2D eigenvalue weighted by molar-refractivity contribution is -0.161. The summed E-state index contributed by atoms with van der Waals surface area (Å²) >= 11 is 0. The van der Waals surface area contributed by atoms with Crippen LogP contribution in [0.25, 0.3) is 0 Å². The smallest absolute Gasteiger partial charge is 0.462 e. The van der Waals surface area contributed by atoms with Crippen LogP contribution in [0.3, 0.4) is 0 Å². The van der Waals surface area contributed by atoms with Crippen molar-refractivity contribution in [3.8, 4) is 0 Å². The minimum absolute atomic E-state index is 0.0480. The third-order valence-corrected chi connectivity index (χ3v) is 9.67. The number of hydrogen-bond acceptors (Lipinski definition) is 8. The Morgan fingerprint density at radius 1 is 0.566 bits per heavy atom. The lowest BCUT2D eigenvalue weighted by Gasteiger charge is -2.19. The van der Waals surface area contributed by atoms with Gasteiger partial charge in [-0.15, -0.1) is 0 Å². The number of unbranched alkanes of at least 4 members (excludes halogenated alkanes) is 18. The Balaban J connectivity index is 4.22. The van der Waals surface area contributed by atoms with Gasteiger partial charge < -0.3 is 20.1 Å². The van der Waals surface area contributed by atoms with Gasteiger partial charge in [0.25, 0.3) is 0 Å². The molecule has 2 atom stereocenters. The van der Waals surface area contributed by atoms with E-state index in [0.29, 0.717) is 12.8 Å². The molecule has 9 nitrogen and oxygen atoms in total. The summed E-state index contributed by atoms with van der Waals surface area (Å²) in [6, 6.07) is 0. The van der Waals surface area contributed by atoms with E-state index in [4.69, 9.17) is 24.3 Å². The van der Waals surface area contributed by atoms with E-state index in [9.17, 15) is 19.0 Å². The predicted octanol–water partition coefficient (Wildman–Crippen LogP) is 11.9. The number of carbonyl (C=O) groups excluding carboxylic acids is 2. The molecule has 0 aromatic heterocycles. The van der Waals surface area contributed by atoms with Gasteiger partial charge in [-0.1, -0.05) is 140 Å². The van der Waals surface area contributed by atoms with Crippen LogP contribution >= 0.6 is 7.82 Å². The Hall–Kier alpha value is -2.03. The Morgan fingerprint density at radius 3 is 1.51 bits per heavy atom. The van der Waals surface area contributed by atoms with Crippen molar-refractivity contribution in [1.82, 2.24) is 0 Å². The van der Waals surface area contributed by atoms with Crippen LogP contribution in [0.2, 0.25) is 0 Å². The van der Waals surface area contributed by atoms with Crippen molar-refractivity contribution in [2.45, 2.75) is 187 Å². The number of nitrogens with two attached hydrogens (primary N) is 1. The second-order valence-electron chi connectivity index (χ2n) is 13.8. The van der Waals surface area contributed by atoms with Crippen molar-refractivity contribution in [3.05, 3.63) is 48.6 Å². The third-order valence-electron chi connectivity index (χ3n) is 8.69. The molecule has 0 saturated heterocycles. The maximum atomic E-state index is 12.6. The summed E-state index contributed by atoms with van der Waals surface area (Å²) in [5.41, 5.74) is 5.34. The average Bonchev–Trinajstić information content (AvgIpc) is 3.14. The van der Waals surface area contributed by atoms with E-state index >= 15 is 0 Å². The SMILES string of the molecule is CCCCC/C=C/C/C=C/C/C=C/CCCCCCC(=O)OC[C@H](COP(=O)(O)OCCN)OC(=O)CCCCCCCCC/C=C/CCCCCC. The summed E-state index contributed by atoms with van der Waals surface area (Å²) in [4.78, 5) is 34.8. The Morgan fingerprint density at radius 2 is 0.981 bits per heavy atom. The van der Waals surface area contributed by atoms with E-state index in [2.05, 4.69) is 62.5 Å². The van der Waals surface area contributed by atoms with Crippen molar-refractivity contribution in [2.24, 2.45) is 5.73 Å². The van der Waals surface area contributed by atoms with Crippen molar-refractivity contribution in [2.75, 3.05) is 26.4 Å². The number of hydrogen-bond donors (Lipinski definition) is 2. The molecule has 53 heavy (non-hydrogen) atoms. The summed E-state index contributed by atoms with van der Waals surface area (Å²) < 4.78 is 32.7. The molecule has 0 aromatic rings. The van der Waals surface area contributed by atoms with Gasteiger partial charge in [0, 0.05) is 19.4 Å². The van der Waals surface area contributed by atoms with Crippen molar-refractivity contribution < 1.29 is 37.6 Å². The number of rotatable bonds is 39. The number of carbonyl (C=O) groups is 2. The standard InChI is InChI=1S/C43H78NO8P/c1-3-5-7-9-11-13-15-17-19-20-22-23-25-27-29-31-33-35-42(45)49-39-41(40-51-53(47,48)50-38-37-44)52-43(46)36-34-32-30-28-26-24-21-18-16-14-12-10-8-6-4-2/h11,13-14,16-17,19,22-23,41H,3-10,12,15,18,20-21,24-40,44H2,1-2H3,(H,47,48)/b13-11+,16-14+,19-17+,23-22+/t41-/m1/s1. The molecule has 10 heteroatoms. The van der Waals surface area contributed by atoms with Crippen LogP contribution in [0.5, 0.6) is 0 Å². The Labute approximate surface area is 324 Å². The molecule has 0 aliphatic rings. The highest BCUT2D eigenvalue weighted by molar-refractivity contribution is 7.47. The summed E-state index contributed by atoms with van der Waals surface area (Å²) in [7, 11) is -4.38. The molecule has 0 heterocycles. The topological polar surface area (TPSA) is 134 Å². The maximum Gasteiger partial charge on any atom is 0.472 e. The molecule has 3 N–H and O–H groups in total. The number of esters is 2. The highest BCUT2D eigenvalue weighted by atomic mass is 31.2. The first-order valence-corrected chi connectivity index (χ1v) is 22.6. The monoisotopic (exact) mass is 768 g/mol. The molecule has 0 aliphatic heterocycles. The van der Waals surface area contributed by atoms with Gasteiger partial charge in [0.15, 0.2) is 6.10 Å². The van der Waals surface area contributed by atoms with Crippen LogP contribution in [0, 0.1) is 0 Å². The Kier molecular flexibility index (Phi) is 38.1. The largest absolute Gasteiger partial charge is 0.472 e. The number of allylic oxidation sites excluding steroid dienone is 8. The molecule has 1 unspecified atom stereocenters. The predicted molar refractivity (Wildman–Crippen MR) is 220 cm³/mol. The zero-order valence-corrected chi connectivity index (χ0v) is 34.6. The van der Waals surface area contributed by atoms with E-state index in [1.54, 1.807) is 0 Å². The first-order chi connectivity index (χ1) is 25.8. The van der Waals surface area contributed by atoms with Gasteiger partial charge in [-0.3, -0.25) is 18.6 Å². The lowest BCUT2D eigenvalue weighted by Crippen LogP contribution is -2.29. The molecule has 0 fully saturated rings. The molecular formula is C43H78NO8P. The van der Waals surface area contributed by atoms with E-state index in [-0.39, 0.29) is 32.6 Å². The summed E-state index contributed by atoms with van der Waals surface area (Å²) in [5.74, 6) is -0.860. The van der Waals surface area contributed by atoms with E-state index in [1.165, 1.54) is 77.0 Å². The fourth-order valence-corrected chi connectivity index (χ4v) is 6.28. The first kappa shape index (κ1) is 51.0. The molecule has 0 rings (SSSR count). The fraction of sp³-hybridized carbons (Fsp3) is 0.767. The van der Waals surface area contributed by atoms with Gasteiger partial charge in [0.2, 0.25) is 0 Å². The molecule has 0 spiro atoms. The second-order valence-corrected chi connectivity index (χ2v) is 15.3. The molecule has 0 amide bonds. The fourth-order valence-electron chi connectivity index (χ4n) is 5.52. The number of phosphoric acid groups is 1. The van der Waals surface area contributed by atoms with Gasteiger partial charge in [-0.05, 0) is 77.0 Å². The molecule has 308 valence electrons. The average molecular weight is 768 g/mol. The van der Waals surface area contributed by atoms with E-state index in [0.717, 1.165) is 64.2 Å². The van der Waals surface area contributed by atoms with Gasteiger partial charge in [-0.2, -0.15) is 0 Å². The van der Waals surface area contributed by atoms with Gasteiger partial charge in [0.1, 0.15) is 6.61 Å². The zero-order chi connectivity index (χ0) is 38.9. The molecule has 0 radical (unpaired) electrons. The normalized spacial score (nSPS) is 13.8. The quantitative estimate of drug-likeness (QED) is 0.0271. The lowest BCUT2D eigenvalue weighted by atomic mass is 10.1. The van der Waals surface area contributed by atoms with Gasteiger partial charge >= 0.3 is 19.8 Å². The Bertz CT molecular complexity index is 1010. The molecule has 0 bridgehead atoms. The van der Waals surface area contributed by atoms with Crippen LogP contribution < -0.4 is 5.73 Å². The van der Waals surface area contributed by atoms with E-state index < -0.39 is 32.5 Å². The highest BCUT2D eigenvalue weighted by Crippen LogP contribution is 2.43. The third kappa shape index (κ3) is 39.5. The molecule has 0 aliphatic carbocycles. The number of phosphoric ester groups is 1. The molecular weight excluding hydrogens is 689 g/mol. The maximum absolute atomic E-state index is 12.6. The number of ether oxygens (including phenoxy) is 2. The van der Waals surface area contributed by atoms with Crippen molar-refractivity contribution in [1.29, 1.82) is 0 Å². The summed E-state index contributed by atoms with van der Waals surface area (Å²) in [6.45, 7) is 3.65. The minimum Gasteiger partial charge on any atom is -0.462 e. The highest BCUT2D eigenvalue weighted by Gasteiger charge is 2.26. The van der Waals surface area contributed by atoms with Gasteiger partial charge in [-0.25, -0.2) is 4.57 Å². The summed E-state index contributed by atoms with van der Waals surface area (Å²) in [6.07, 6.45) is 44.2. The summed E-state index contributed by atoms with van der Waals surface area (Å²) in [5, 5.41) is 0. The van der Waals surface area contributed by atoms with Crippen LogP contribution in [0.4, 0.5) is 0 Å². The molecule has 0 saturated carbocycles. The zero-order valence-electron chi connectivity index (χ0n) is 33.7. The second kappa shape index (κ2) is 39.7. The van der Waals surface area contributed by atoms with E-state index in [1.807, 2.05) is 0 Å². The first-order valence-electron chi connectivity index (χ1n) is 21.1. The van der Waals surface area contributed by atoms with Crippen LogP contribution in [-0.2, 0) is 32.7 Å². The van der Waals surface area contributed by atoms with Crippen molar-refractivity contribution >= 4 is 19.8 Å². The molecule has 0 aromatic carbocycles.